The lowest BCUT2D eigenvalue weighted by Crippen LogP contribution is -2.19. The molecule has 1 saturated carbocycles. The van der Waals surface area contributed by atoms with Gasteiger partial charge < -0.3 is 15.0 Å². The Bertz CT molecular complexity index is 1150. The van der Waals surface area contributed by atoms with Crippen LogP contribution in [0.2, 0.25) is 0 Å². The van der Waals surface area contributed by atoms with Crippen LogP contribution in [0.15, 0.2) is 24.5 Å². The van der Waals surface area contributed by atoms with Crippen molar-refractivity contribution >= 4 is 27.8 Å². The number of rotatable bonds is 4. The monoisotopic (exact) mass is 380 g/mol. The molecule has 0 amide bonds. The molecule has 5 rings (SSSR count). The highest BCUT2D eigenvalue weighted by Gasteiger charge is 2.24. The fraction of sp³-hybridized carbons (Fsp3) is 0.350. The number of hydrogen-bond donors (Lipinski definition) is 2. The zero-order valence-corrected chi connectivity index (χ0v) is 15.8. The van der Waals surface area contributed by atoms with Gasteiger partial charge in [-0.15, -0.1) is 0 Å². The second kappa shape index (κ2) is 6.19. The average Bonchev–Trinajstić information content (AvgIpc) is 3.19. The van der Waals surface area contributed by atoms with Gasteiger partial charge in [-0.05, 0) is 30.9 Å². The Morgan fingerprint density at radius 3 is 2.79 bits per heavy atom. The maximum Gasteiger partial charge on any atom is 0.165 e. The molecule has 1 aliphatic carbocycles. The van der Waals surface area contributed by atoms with Crippen LogP contribution in [0, 0.1) is 11.7 Å². The molecule has 8 heteroatoms. The summed E-state index contributed by atoms with van der Waals surface area (Å²) in [7, 11) is 3.88. The fourth-order valence-electron chi connectivity index (χ4n) is 3.84. The van der Waals surface area contributed by atoms with Gasteiger partial charge in [-0.25, -0.2) is 19.0 Å². The summed E-state index contributed by atoms with van der Waals surface area (Å²) in [5.74, 6) is 0.393. The minimum absolute atomic E-state index is 0.376. The van der Waals surface area contributed by atoms with Gasteiger partial charge in [0.1, 0.15) is 17.8 Å². The fourth-order valence-corrected chi connectivity index (χ4v) is 3.84. The molecule has 1 fully saturated rings. The van der Waals surface area contributed by atoms with Crippen molar-refractivity contribution in [1.82, 2.24) is 24.7 Å². The van der Waals surface area contributed by atoms with Gasteiger partial charge >= 0.3 is 0 Å². The van der Waals surface area contributed by atoms with E-state index >= 15 is 0 Å². The molecule has 0 spiro atoms. The van der Waals surface area contributed by atoms with Gasteiger partial charge in [-0.3, -0.25) is 0 Å². The smallest absolute Gasteiger partial charge is 0.165 e. The summed E-state index contributed by atoms with van der Waals surface area (Å²) >= 11 is 0. The van der Waals surface area contributed by atoms with Crippen LogP contribution in [-0.4, -0.2) is 43.9 Å². The number of anilines is 1. The van der Waals surface area contributed by atoms with Crippen molar-refractivity contribution in [1.29, 1.82) is 0 Å². The first kappa shape index (κ1) is 17.0. The number of fused-ring (bicyclic) bond motifs is 2. The molecule has 0 unspecified atom stereocenters. The highest BCUT2D eigenvalue weighted by molar-refractivity contribution is 6.00. The number of nitrogens with zero attached hydrogens (tertiary/aromatic N) is 5. The molecule has 0 radical (unpaired) electrons. The van der Waals surface area contributed by atoms with E-state index in [4.69, 9.17) is 5.10 Å². The Morgan fingerprint density at radius 2 is 2.07 bits per heavy atom. The van der Waals surface area contributed by atoms with E-state index in [2.05, 4.69) is 15.0 Å². The third-order valence-corrected chi connectivity index (χ3v) is 5.53. The number of phenols is 1. The molecule has 1 aromatic carbocycles. The SMILES string of the molecule is CN(C)c1ncnc2c1c(-c1cc3cc(F)c(O)cc3[nH]1)nn2CC1CCC1. The summed E-state index contributed by atoms with van der Waals surface area (Å²) in [5.41, 5.74) is 2.93. The van der Waals surface area contributed by atoms with Gasteiger partial charge in [0, 0.05) is 37.6 Å². The highest BCUT2D eigenvalue weighted by Crippen LogP contribution is 2.36. The number of nitrogens with one attached hydrogen (secondary N) is 1. The van der Waals surface area contributed by atoms with Gasteiger partial charge in [0.25, 0.3) is 0 Å². The highest BCUT2D eigenvalue weighted by atomic mass is 19.1. The lowest BCUT2D eigenvalue weighted by molar-refractivity contribution is 0.269. The van der Waals surface area contributed by atoms with Crippen molar-refractivity contribution in [2.45, 2.75) is 25.8 Å². The first-order valence-electron chi connectivity index (χ1n) is 9.41. The van der Waals surface area contributed by atoms with Gasteiger partial charge in [0.2, 0.25) is 0 Å². The molecule has 1 aliphatic rings. The molecule has 3 aromatic heterocycles. The maximum atomic E-state index is 13.8. The molecule has 0 saturated heterocycles. The maximum absolute atomic E-state index is 13.8. The molecule has 0 aliphatic heterocycles. The molecular weight excluding hydrogens is 359 g/mol. The summed E-state index contributed by atoms with van der Waals surface area (Å²) in [5, 5.41) is 16.1. The van der Waals surface area contributed by atoms with Gasteiger partial charge in [0.15, 0.2) is 17.2 Å². The van der Waals surface area contributed by atoms with Crippen molar-refractivity contribution in [3.8, 4) is 17.1 Å². The Morgan fingerprint density at radius 1 is 1.25 bits per heavy atom. The normalized spacial score (nSPS) is 14.7. The van der Waals surface area contributed by atoms with Crippen molar-refractivity contribution in [2.75, 3.05) is 19.0 Å². The van der Waals surface area contributed by atoms with Crippen molar-refractivity contribution in [3.63, 3.8) is 0 Å². The number of aromatic amines is 1. The van der Waals surface area contributed by atoms with Crippen molar-refractivity contribution in [2.24, 2.45) is 5.92 Å². The van der Waals surface area contributed by atoms with Crippen LogP contribution in [0.5, 0.6) is 5.75 Å². The lowest BCUT2D eigenvalue weighted by atomic mass is 9.85. The topological polar surface area (TPSA) is 82.9 Å². The van der Waals surface area contributed by atoms with Crippen LogP contribution >= 0.6 is 0 Å². The minimum atomic E-state index is -0.643. The third kappa shape index (κ3) is 2.59. The average molecular weight is 380 g/mol. The number of benzene rings is 1. The van der Waals surface area contributed by atoms with E-state index in [0.717, 1.165) is 34.8 Å². The largest absolute Gasteiger partial charge is 0.505 e. The first-order chi connectivity index (χ1) is 13.5. The van der Waals surface area contributed by atoms with Crippen LogP contribution in [0.4, 0.5) is 10.2 Å². The molecule has 4 aromatic rings. The number of phenolic OH excluding ortho intramolecular Hbond substituents is 1. The van der Waals surface area contributed by atoms with Crippen molar-refractivity contribution < 1.29 is 9.50 Å². The Balaban J connectivity index is 1.73. The van der Waals surface area contributed by atoms with Gasteiger partial charge in [0.05, 0.1) is 11.1 Å². The predicted octanol–water partition coefficient (Wildman–Crippen LogP) is 3.69. The summed E-state index contributed by atoms with van der Waals surface area (Å²) in [4.78, 5) is 14.2. The van der Waals surface area contributed by atoms with Crippen molar-refractivity contribution in [3.05, 3.63) is 30.3 Å². The molecule has 0 bridgehead atoms. The second-order valence-electron chi connectivity index (χ2n) is 7.69. The number of hydrogen-bond acceptors (Lipinski definition) is 5. The zero-order chi connectivity index (χ0) is 19.4. The van der Waals surface area contributed by atoms with E-state index in [1.165, 1.54) is 31.4 Å². The van der Waals surface area contributed by atoms with E-state index in [1.807, 2.05) is 29.7 Å². The summed E-state index contributed by atoms with van der Waals surface area (Å²) in [6.45, 7) is 0.829. The second-order valence-corrected chi connectivity index (χ2v) is 7.69. The molecule has 7 nitrogen and oxygen atoms in total. The van der Waals surface area contributed by atoms with E-state index in [0.29, 0.717) is 16.8 Å². The number of halogens is 1. The molecule has 144 valence electrons. The Hall–Kier alpha value is -3.16. The summed E-state index contributed by atoms with van der Waals surface area (Å²) in [6.07, 6.45) is 5.27. The third-order valence-electron chi connectivity index (χ3n) is 5.53. The first-order valence-corrected chi connectivity index (χ1v) is 9.41. The van der Waals surface area contributed by atoms with Crippen LogP contribution in [-0.2, 0) is 6.54 Å². The van der Waals surface area contributed by atoms with Crippen LogP contribution in [0.1, 0.15) is 19.3 Å². The molecular formula is C20H21FN6O. The zero-order valence-electron chi connectivity index (χ0n) is 15.8. The lowest BCUT2D eigenvalue weighted by Gasteiger charge is -2.25. The van der Waals surface area contributed by atoms with Crippen LogP contribution < -0.4 is 4.90 Å². The summed E-state index contributed by atoms with van der Waals surface area (Å²) in [6, 6.07) is 4.56. The van der Waals surface area contributed by atoms with E-state index in [-0.39, 0.29) is 5.75 Å². The Kier molecular flexibility index (Phi) is 3.75. The van der Waals surface area contributed by atoms with Crippen LogP contribution in [0.25, 0.3) is 33.3 Å². The number of H-pyrrole nitrogens is 1. The van der Waals surface area contributed by atoms with E-state index < -0.39 is 5.82 Å². The quantitative estimate of drug-likeness (QED) is 0.564. The van der Waals surface area contributed by atoms with E-state index in [9.17, 15) is 9.50 Å². The molecule has 28 heavy (non-hydrogen) atoms. The van der Waals surface area contributed by atoms with Gasteiger partial charge in [-0.1, -0.05) is 6.42 Å². The van der Waals surface area contributed by atoms with E-state index in [1.54, 1.807) is 6.33 Å². The number of aromatic nitrogens is 5. The predicted molar refractivity (Wildman–Crippen MR) is 106 cm³/mol. The molecule has 2 N–H and O–H groups in total. The summed E-state index contributed by atoms with van der Waals surface area (Å²) < 4.78 is 15.7. The van der Waals surface area contributed by atoms with Crippen LogP contribution in [0.3, 0.4) is 0 Å². The molecule has 3 heterocycles. The minimum Gasteiger partial charge on any atom is -0.505 e. The molecule has 0 atom stereocenters. The standard InChI is InChI=1S/C20H21FN6O/c1-26(2)19-17-18(15-7-12-6-13(21)16(28)8-14(12)24-15)25-27(9-11-4-3-5-11)20(17)23-10-22-19/h6-8,10-11,24,28H,3-5,9H2,1-2H3. The van der Waals surface area contributed by atoms with Gasteiger partial charge in [-0.2, -0.15) is 5.10 Å². The Labute approximate surface area is 160 Å². The number of aromatic hydroxyl groups is 1.